The maximum atomic E-state index is 12.9. The molecular weight excluding hydrogens is 412 g/mol. The Morgan fingerprint density at radius 2 is 2.00 bits per heavy atom. The van der Waals surface area contributed by atoms with Gasteiger partial charge in [-0.05, 0) is 42.1 Å². The molecule has 31 heavy (non-hydrogen) atoms. The summed E-state index contributed by atoms with van der Waals surface area (Å²) in [5.74, 6) is 1.39. The molecule has 4 aromatic rings. The Labute approximate surface area is 184 Å². The van der Waals surface area contributed by atoms with Gasteiger partial charge in [0.05, 0.1) is 39.1 Å². The molecule has 0 saturated carbocycles. The fourth-order valence-corrected chi connectivity index (χ4v) is 4.38. The van der Waals surface area contributed by atoms with Gasteiger partial charge in [-0.25, -0.2) is 9.67 Å². The molecular formula is C23H24N4O3S. The highest BCUT2D eigenvalue weighted by molar-refractivity contribution is 7.10. The van der Waals surface area contributed by atoms with Crippen LogP contribution in [0.5, 0.6) is 11.5 Å². The first kappa shape index (κ1) is 20.9. The van der Waals surface area contributed by atoms with Crippen LogP contribution in [0.1, 0.15) is 26.4 Å². The lowest BCUT2D eigenvalue weighted by molar-refractivity contribution is 0.0786. The van der Waals surface area contributed by atoms with Gasteiger partial charge < -0.3 is 14.4 Å². The molecule has 0 fully saturated rings. The summed E-state index contributed by atoms with van der Waals surface area (Å²) < 4.78 is 12.5. The van der Waals surface area contributed by atoms with Crippen LogP contribution in [0.3, 0.4) is 0 Å². The Morgan fingerprint density at radius 3 is 2.71 bits per heavy atom. The summed E-state index contributed by atoms with van der Waals surface area (Å²) in [4.78, 5) is 20.3. The van der Waals surface area contributed by atoms with Crippen molar-refractivity contribution in [2.24, 2.45) is 0 Å². The minimum Gasteiger partial charge on any atom is -0.497 e. The highest BCUT2D eigenvalue weighted by Crippen LogP contribution is 2.26. The molecule has 0 saturated heterocycles. The zero-order valence-corrected chi connectivity index (χ0v) is 18.8. The highest BCUT2D eigenvalue weighted by atomic mass is 32.1. The zero-order chi connectivity index (χ0) is 22.0. The number of benzene rings is 1. The normalized spacial score (nSPS) is 11.0. The van der Waals surface area contributed by atoms with Crippen LogP contribution in [0.25, 0.3) is 11.0 Å². The molecule has 8 heteroatoms. The van der Waals surface area contributed by atoms with Gasteiger partial charge in [-0.3, -0.25) is 4.79 Å². The molecule has 3 heterocycles. The van der Waals surface area contributed by atoms with Crippen molar-refractivity contribution in [2.45, 2.75) is 20.0 Å². The number of carbonyl (C=O) groups is 1. The van der Waals surface area contributed by atoms with Crippen LogP contribution < -0.4 is 9.47 Å². The number of hydrogen-bond donors (Lipinski definition) is 0. The summed E-state index contributed by atoms with van der Waals surface area (Å²) in [7, 11) is 5.06. The number of methoxy groups -OCH3 is 2. The third-order valence-corrected chi connectivity index (χ3v) is 6.24. The van der Waals surface area contributed by atoms with Crippen molar-refractivity contribution in [2.75, 3.05) is 21.3 Å². The lowest BCUT2D eigenvalue weighted by Crippen LogP contribution is -2.26. The number of pyridine rings is 1. The van der Waals surface area contributed by atoms with Crippen LogP contribution in [0.2, 0.25) is 0 Å². The Kier molecular flexibility index (Phi) is 5.90. The fourth-order valence-electron chi connectivity index (χ4n) is 3.42. The zero-order valence-electron chi connectivity index (χ0n) is 18.0. The van der Waals surface area contributed by atoms with Gasteiger partial charge in [0.1, 0.15) is 11.5 Å². The summed E-state index contributed by atoms with van der Waals surface area (Å²) in [5, 5.41) is 7.33. The molecule has 0 spiro atoms. The second-order valence-corrected chi connectivity index (χ2v) is 8.31. The molecule has 0 radical (unpaired) electrons. The Bertz CT molecular complexity index is 1230. The molecule has 0 N–H and O–H groups in total. The number of aryl methyl sites for hydroxylation is 1. The molecule has 160 valence electrons. The minimum absolute atomic E-state index is 0.0632. The second kappa shape index (κ2) is 8.77. The molecule has 4 rings (SSSR count). The first-order chi connectivity index (χ1) is 15.0. The molecule has 7 nitrogen and oxygen atoms in total. The second-order valence-electron chi connectivity index (χ2n) is 7.30. The third kappa shape index (κ3) is 4.25. The van der Waals surface area contributed by atoms with Gasteiger partial charge in [0.2, 0.25) is 0 Å². The molecule has 0 aliphatic heterocycles. The van der Waals surface area contributed by atoms with Crippen molar-refractivity contribution in [3.63, 3.8) is 0 Å². The Balaban J connectivity index is 1.55. The lowest BCUT2D eigenvalue weighted by atomic mass is 10.2. The average Bonchev–Trinajstić information content (AvgIpc) is 3.38. The summed E-state index contributed by atoms with van der Waals surface area (Å²) in [5.41, 5.74) is 3.42. The van der Waals surface area contributed by atoms with Crippen molar-refractivity contribution in [3.8, 4) is 11.5 Å². The monoisotopic (exact) mass is 436 g/mol. The summed E-state index contributed by atoms with van der Waals surface area (Å²) >= 11 is 1.66. The van der Waals surface area contributed by atoms with Gasteiger partial charge in [-0.1, -0.05) is 0 Å². The van der Waals surface area contributed by atoms with E-state index >= 15 is 0 Å². The van der Waals surface area contributed by atoms with E-state index in [-0.39, 0.29) is 5.91 Å². The van der Waals surface area contributed by atoms with Gasteiger partial charge >= 0.3 is 0 Å². The van der Waals surface area contributed by atoms with Crippen molar-refractivity contribution >= 4 is 28.3 Å². The van der Waals surface area contributed by atoms with Gasteiger partial charge in [0, 0.05) is 35.1 Å². The van der Waals surface area contributed by atoms with Crippen LogP contribution in [0.4, 0.5) is 0 Å². The summed E-state index contributed by atoms with van der Waals surface area (Å²) in [6.45, 7) is 3.13. The summed E-state index contributed by atoms with van der Waals surface area (Å²) in [6, 6.07) is 9.59. The first-order valence-corrected chi connectivity index (χ1v) is 10.7. The standard InChI is InChI=1S/C23H24N4O3S/c1-15-7-8-31-21(15)14-26(2)23(28)18-9-17-12-25-27(22(17)24-11-18)13-16-5-6-19(29-3)10-20(16)30-4/h5-12H,13-14H2,1-4H3. The van der Waals surface area contributed by atoms with E-state index in [1.54, 1.807) is 47.5 Å². The Morgan fingerprint density at radius 1 is 1.16 bits per heavy atom. The van der Waals surface area contributed by atoms with Gasteiger partial charge in [0.25, 0.3) is 5.91 Å². The molecule has 0 aliphatic rings. The van der Waals surface area contributed by atoms with Crippen LogP contribution in [0.15, 0.2) is 48.1 Å². The van der Waals surface area contributed by atoms with Crippen molar-refractivity contribution in [1.29, 1.82) is 0 Å². The maximum absolute atomic E-state index is 12.9. The number of hydrogen-bond acceptors (Lipinski definition) is 6. The van der Waals surface area contributed by atoms with E-state index in [0.29, 0.717) is 24.3 Å². The number of amides is 1. The molecule has 0 bridgehead atoms. The topological polar surface area (TPSA) is 69.5 Å². The maximum Gasteiger partial charge on any atom is 0.255 e. The van der Waals surface area contributed by atoms with E-state index in [1.807, 2.05) is 36.7 Å². The predicted octanol–water partition coefficient (Wildman–Crippen LogP) is 4.14. The molecule has 0 aliphatic carbocycles. The largest absolute Gasteiger partial charge is 0.497 e. The fraction of sp³-hybridized carbons (Fsp3) is 0.261. The van der Waals surface area contributed by atoms with Crippen LogP contribution in [-0.4, -0.2) is 46.8 Å². The van der Waals surface area contributed by atoms with E-state index < -0.39 is 0 Å². The highest BCUT2D eigenvalue weighted by Gasteiger charge is 2.16. The predicted molar refractivity (Wildman–Crippen MR) is 121 cm³/mol. The number of nitrogens with zero attached hydrogens (tertiary/aromatic N) is 4. The van der Waals surface area contributed by atoms with Crippen molar-refractivity contribution in [3.05, 3.63) is 69.7 Å². The number of fused-ring (bicyclic) bond motifs is 1. The quantitative estimate of drug-likeness (QED) is 0.436. The minimum atomic E-state index is -0.0632. The molecule has 0 atom stereocenters. The lowest BCUT2D eigenvalue weighted by Gasteiger charge is -2.17. The van der Waals surface area contributed by atoms with Gasteiger partial charge in [0.15, 0.2) is 5.65 Å². The number of carbonyl (C=O) groups excluding carboxylic acids is 1. The Hall–Kier alpha value is -3.39. The van der Waals surface area contributed by atoms with Crippen LogP contribution in [-0.2, 0) is 13.1 Å². The molecule has 3 aromatic heterocycles. The SMILES string of the molecule is COc1ccc(Cn2ncc3cc(C(=O)N(C)Cc4sccc4C)cnc32)c(OC)c1. The average molecular weight is 437 g/mol. The molecule has 1 amide bonds. The van der Waals surface area contributed by atoms with Crippen molar-refractivity contribution in [1.82, 2.24) is 19.7 Å². The van der Waals surface area contributed by atoms with E-state index in [0.717, 1.165) is 22.4 Å². The smallest absolute Gasteiger partial charge is 0.255 e. The van der Waals surface area contributed by atoms with E-state index in [9.17, 15) is 4.79 Å². The molecule has 0 unspecified atom stereocenters. The molecule has 1 aromatic carbocycles. The first-order valence-electron chi connectivity index (χ1n) is 9.81. The van der Waals surface area contributed by atoms with Gasteiger partial charge in [-0.2, -0.15) is 5.10 Å². The number of aromatic nitrogens is 3. The third-order valence-electron chi connectivity index (χ3n) is 5.23. The van der Waals surface area contributed by atoms with E-state index in [2.05, 4.69) is 23.1 Å². The number of ether oxygens (including phenoxy) is 2. The van der Waals surface area contributed by atoms with Gasteiger partial charge in [-0.15, -0.1) is 11.3 Å². The van der Waals surface area contributed by atoms with E-state index in [4.69, 9.17) is 9.47 Å². The van der Waals surface area contributed by atoms with Crippen LogP contribution >= 0.6 is 11.3 Å². The van der Waals surface area contributed by atoms with E-state index in [1.165, 1.54) is 10.4 Å². The number of rotatable bonds is 7. The number of thiophene rings is 1. The summed E-state index contributed by atoms with van der Waals surface area (Å²) in [6.07, 6.45) is 3.35. The van der Waals surface area contributed by atoms with Crippen molar-refractivity contribution < 1.29 is 14.3 Å². The van der Waals surface area contributed by atoms with Crippen LogP contribution in [0, 0.1) is 6.92 Å².